The van der Waals surface area contributed by atoms with Gasteiger partial charge in [0.05, 0.1) is 11.9 Å². The molecule has 32 heavy (non-hydrogen) atoms. The van der Waals surface area contributed by atoms with E-state index in [9.17, 15) is 0 Å². The Kier molecular flexibility index (Phi) is 9.24. The van der Waals surface area contributed by atoms with Crippen molar-refractivity contribution < 1.29 is 0 Å². The van der Waals surface area contributed by atoms with Gasteiger partial charge in [-0.1, -0.05) is 48.1 Å². The van der Waals surface area contributed by atoms with Gasteiger partial charge in [0.15, 0.2) is 0 Å². The van der Waals surface area contributed by atoms with E-state index < -0.39 is 0 Å². The van der Waals surface area contributed by atoms with E-state index in [0.29, 0.717) is 0 Å². The van der Waals surface area contributed by atoms with Crippen LogP contribution < -0.4 is 16.8 Å². The highest BCUT2D eigenvalue weighted by Crippen LogP contribution is 2.41. The molecule has 5 heteroatoms. The van der Waals surface area contributed by atoms with E-state index in [1.165, 1.54) is 33.5 Å². The molecule has 0 spiro atoms. The van der Waals surface area contributed by atoms with Gasteiger partial charge in [0.1, 0.15) is 0 Å². The van der Waals surface area contributed by atoms with Gasteiger partial charge < -0.3 is 16.8 Å². The van der Waals surface area contributed by atoms with Crippen molar-refractivity contribution in [3.63, 3.8) is 0 Å². The fraction of sp³-hybridized carbons (Fsp3) is 0.296. The fourth-order valence-electron chi connectivity index (χ4n) is 3.71. The van der Waals surface area contributed by atoms with Crippen LogP contribution in [0.1, 0.15) is 53.8 Å². The van der Waals surface area contributed by atoms with Gasteiger partial charge in [-0.15, -0.1) is 17.9 Å². The summed E-state index contributed by atoms with van der Waals surface area (Å²) in [6.07, 6.45) is 12.8. The minimum absolute atomic E-state index is 0.145. The molecule has 1 aromatic heterocycles. The molecule has 0 radical (unpaired) electrons. The lowest BCUT2D eigenvalue weighted by atomic mass is 9.78. The highest BCUT2D eigenvalue weighted by Gasteiger charge is 2.35. The first-order valence-electron chi connectivity index (χ1n) is 10.7. The van der Waals surface area contributed by atoms with E-state index in [-0.39, 0.29) is 11.5 Å². The molecule has 1 aliphatic rings. The normalized spacial score (nSPS) is 15.5. The summed E-state index contributed by atoms with van der Waals surface area (Å²) >= 11 is 1.74. The number of nitrogens with two attached hydrogens (primary N) is 2. The highest BCUT2D eigenvalue weighted by molar-refractivity contribution is 7.10. The van der Waals surface area contributed by atoms with Crippen LogP contribution in [0.3, 0.4) is 0 Å². The zero-order valence-electron chi connectivity index (χ0n) is 19.9. The summed E-state index contributed by atoms with van der Waals surface area (Å²) in [6.45, 7) is 10.5. The maximum absolute atomic E-state index is 6.30. The van der Waals surface area contributed by atoms with Crippen molar-refractivity contribution in [1.82, 2.24) is 5.32 Å². The van der Waals surface area contributed by atoms with Gasteiger partial charge in [0.25, 0.3) is 0 Å². The molecule has 1 heterocycles. The molecule has 1 unspecified atom stereocenters. The molecule has 0 bridgehead atoms. The van der Waals surface area contributed by atoms with Gasteiger partial charge in [-0.05, 0) is 63.1 Å². The summed E-state index contributed by atoms with van der Waals surface area (Å²) in [5.41, 5.74) is 17.9. The van der Waals surface area contributed by atoms with Crippen molar-refractivity contribution in [3.05, 3.63) is 93.2 Å². The molecule has 170 valence electrons. The van der Waals surface area contributed by atoms with E-state index in [1.807, 2.05) is 13.1 Å². The number of fused-ring (bicyclic) bond motifs is 1. The van der Waals surface area contributed by atoms with E-state index in [2.05, 4.69) is 91.6 Å². The molecule has 3 rings (SSSR count). The third-order valence-electron chi connectivity index (χ3n) is 5.73. The zero-order valence-corrected chi connectivity index (χ0v) is 20.7. The Morgan fingerprint density at radius 1 is 1.28 bits per heavy atom. The van der Waals surface area contributed by atoms with Crippen LogP contribution in [0.15, 0.2) is 71.1 Å². The van der Waals surface area contributed by atoms with Crippen LogP contribution in [0.5, 0.6) is 0 Å². The van der Waals surface area contributed by atoms with Crippen LogP contribution in [-0.2, 0) is 12.0 Å². The largest absolute Gasteiger partial charge is 0.398 e. The van der Waals surface area contributed by atoms with Crippen molar-refractivity contribution in [1.29, 1.82) is 0 Å². The molecule has 0 saturated carbocycles. The summed E-state index contributed by atoms with van der Waals surface area (Å²) in [4.78, 5) is 4.64. The third-order valence-corrected chi connectivity index (χ3v) is 6.90. The Bertz CT molecular complexity index is 1030. The molecule has 5 N–H and O–H groups in total. The third kappa shape index (κ3) is 5.87. The van der Waals surface area contributed by atoms with Crippen LogP contribution in [0, 0.1) is 0 Å². The number of thiophene rings is 1. The molecular weight excluding hydrogens is 412 g/mol. The van der Waals surface area contributed by atoms with Crippen molar-refractivity contribution in [2.24, 2.45) is 16.5 Å². The van der Waals surface area contributed by atoms with E-state index in [0.717, 1.165) is 17.7 Å². The van der Waals surface area contributed by atoms with Gasteiger partial charge in [-0.25, -0.2) is 0 Å². The van der Waals surface area contributed by atoms with Gasteiger partial charge >= 0.3 is 0 Å². The summed E-state index contributed by atoms with van der Waals surface area (Å²) in [7, 11) is 3.64. The van der Waals surface area contributed by atoms with Crippen LogP contribution in [0.25, 0.3) is 11.8 Å². The smallest absolute Gasteiger partial charge is 0.0794 e. The Morgan fingerprint density at radius 2 is 2.00 bits per heavy atom. The van der Waals surface area contributed by atoms with Crippen molar-refractivity contribution in [2.45, 2.75) is 38.6 Å². The number of allylic oxidation sites excluding steroid dienone is 4. The summed E-state index contributed by atoms with van der Waals surface area (Å²) in [6, 6.07) is 9.00. The standard InChI is InChI=1S/C25H30N2S.C2H6N2/c1-6-22(20-12-11-18-8-7-9-19(18)14-20)25(4,27-5)24-15-21(16-28-24)23(26)13-10-17(2)3;1-4-2-3/h6-7,9-16,22,27H,1,8,26H2,2-5H3;2H,1H3,(H2,3,4)/b23-13-;/t22?,25-;/m0./s1. The Labute approximate surface area is 197 Å². The second-order valence-corrected chi connectivity index (χ2v) is 9.11. The second kappa shape index (κ2) is 11.7. The summed E-state index contributed by atoms with van der Waals surface area (Å²) in [5.74, 6) is 0.145. The van der Waals surface area contributed by atoms with Crippen molar-refractivity contribution in [2.75, 3.05) is 14.1 Å². The number of benzene rings is 1. The first-order valence-corrected chi connectivity index (χ1v) is 11.6. The van der Waals surface area contributed by atoms with Crippen molar-refractivity contribution in [3.8, 4) is 0 Å². The Morgan fingerprint density at radius 3 is 2.59 bits per heavy atom. The summed E-state index contributed by atoms with van der Waals surface area (Å²) < 4.78 is 0. The average Bonchev–Trinajstić information content (AvgIpc) is 3.47. The topological polar surface area (TPSA) is 76.4 Å². The molecule has 2 atom stereocenters. The Balaban J connectivity index is 0.000000837. The minimum Gasteiger partial charge on any atom is -0.398 e. The molecule has 2 aromatic rings. The SMILES string of the molecule is C=CC(c1ccc2c(c1)C=CC2)[C@](C)(NC)c1cc(/C(N)=C/C=C(C)C)cs1.CN=CN. The number of likely N-dealkylation sites (N-methyl/N-ethyl adjacent to an activating group) is 1. The number of rotatable bonds is 7. The number of hydrogen-bond acceptors (Lipinski definition) is 4. The number of hydrogen-bond donors (Lipinski definition) is 3. The lowest BCUT2D eigenvalue weighted by molar-refractivity contribution is 0.367. The highest BCUT2D eigenvalue weighted by atomic mass is 32.1. The predicted molar refractivity (Wildman–Crippen MR) is 143 cm³/mol. The number of nitrogens with zero attached hydrogens (tertiary/aromatic N) is 1. The molecule has 0 amide bonds. The Hall–Kier alpha value is -2.89. The predicted octanol–water partition coefficient (Wildman–Crippen LogP) is 5.59. The number of aliphatic imine (C=N–C) groups is 1. The molecule has 1 aromatic carbocycles. The van der Waals surface area contributed by atoms with Gasteiger partial charge in [-0.2, -0.15) is 0 Å². The van der Waals surface area contributed by atoms with Crippen LogP contribution in [0.4, 0.5) is 0 Å². The van der Waals surface area contributed by atoms with Crippen molar-refractivity contribution >= 4 is 29.4 Å². The fourth-order valence-corrected chi connectivity index (χ4v) is 4.84. The van der Waals surface area contributed by atoms with Gasteiger partial charge in [-0.3, -0.25) is 4.99 Å². The molecule has 1 aliphatic carbocycles. The zero-order chi connectivity index (χ0) is 23.7. The summed E-state index contributed by atoms with van der Waals surface area (Å²) in [5, 5.41) is 5.70. The molecule has 4 nitrogen and oxygen atoms in total. The first kappa shape index (κ1) is 25.4. The lowest BCUT2D eigenvalue weighted by Crippen LogP contribution is -2.41. The second-order valence-electron chi connectivity index (χ2n) is 8.20. The average molecular weight is 449 g/mol. The molecule has 0 aliphatic heterocycles. The molecule has 0 saturated heterocycles. The van der Waals surface area contributed by atoms with Crippen LogP contribution >= 0.6 is 11.3 Å². The quantitative estimate of drug-likeness (QED) is 0.224. The van der Waals surface area contributed by atoms with E-state index in [1.54, 1.807) is 18.4 Å². The first-order chi connectivity index (χ1) is 15.3. The molecule has 0 fully saturated rings. The monoisotopic (exact) mass is 448 g/mol. The van der Waals surface area contributed by atoms with E-state index >= 15 is 0 Å². The maximum atomic E-state index is 6.30. The minimum atomic E-state index is -0.266. The van der Waals surface area contributed by atoms with Crippen LogP contribution in [-0.4, -0.2) is 20.4 Å². The lowest BCUT2D eigenvalue weighted by Gasteiger charge is -2.36. The van der Waals surface area contributed by atoms with Crippen LogP contribution in [0.2, 0.25) is 0 Å². The van der Waals surface area contributed by atoms with E-state index in [4.69, 9.17) is 11.5 Å². The van der Waals surface area contributed by atoms with Gasteiger partial charge in [0.2, 0.25) is 0 Å². The maximum Gasteiger partial charge on any atom is 0.0794 e. The number of nitrogens with one attached hydrogen (secondary N) is 1. The van der Waals surface area contributed by atoms with Gasteiger partial charge in [0, 0.05) is 34.5 Å². The molecular formula is C27H36N4S.